The van der Waals surface area contributed by atoms with E-state index in [4.69, 9.17) is 9.47 Å². The monoisotopic (exact) mass is 331 g/mol. The van der Waals surface area contributed by atoms with Crippen LogP contribution in [-0.2, 0) is 6.54 Å². The number of hydrogen-bond donors (Lipinski definition) is 0. The average Bonchev–Trinajstić information content (AvgIpc) is 3.07. The molecule has 0 spiro atoms. The van der Waals surface area contributed by atoms with Gasteiger partial charge >= 0.3 is 0 Å². The van der Waals surface area contributed by atoms with Gasteiger partial charge in [-0.1, -0.05) is 18.2 Å². The molecule has 0 aliphatic heterocycles. The first-order chi connectivity index (χ1) is 12.4. The summed E-state index contributed by atoms with van der Waals surface area (Å²) in [5, 5.41) is 0. The molecule has 0 unspecified atom stereocenters. The Morgan fingerprint density at radius 1 is 0.840 bits per heavy atom. The maximum Gasteiger partial charge on any atom is 0.127 e. The summed E-state index contributed by atoms with van der Waals surface area (Å²) >= 11 is 0. The zero-order chi connectivity index (χ0) is 16.9. The molecule has 4 aromatic rings. The first-order valence-electron chi connectivity index (χ1n) is 8.09. The van der Waals surface area contributed by atoms with Crippen molar-refractivity contribution < 1.29 is 9.47 Å². The van der Waals surface area contributed by atoms with E-state index in [1.165, 1.54) is 0 Å². The first kappa shape index (κ1) is 15.2. The molecule has 124 valence electrons. The van der Waals surface area contributed by atoms with Crippen LogP contribution in [0.15, 0.2) is 79.4 Å². The second-order valence-electron chi connectivity index (χ2n) is 5.54. The van der Waals surface area contributed by atoms with Crippen molar-refractivity contribution in [2.75, 3.05) is 6.61 Å². The van der Waals surface area contributed by atoms with Crippen molar-refractivity contribution in [3.05, 3.63) is 79.4 Å². The van der Waals surface area contributed by atoms with Gasteiger partial charge in [0.2, 0.25) is 0 Å². The number of ether oxygens (including phenoxy) is 2. The van der Waals surface area contributed by atoms with Gasteiger partial charge in [-0.05, 0) is 42.5 Å². The van der Waals surface area contributed by atoms with Gasteiger partial charge in [0.25, 0.3) is 0 Å². The lowest BCUT2D eigenvalue weighted by Gasteiger charge is -2.09. The van der Waals surface area contributed by atoms with E-state index in [1.807, 2.05) is 67.0 Å². The third kappa shape index (κ3) is 3.61. The van der Waals surface area contributed by atoms with Crippen molar-refractivity contribution in [1.29, 1.82) is 0 Å². The largest absolute Gasteiger partial charge is 0.492 e. The van der Waals surface area contributed by atoms with E-state index >= 15 is 0 Å². The zero-order valence-electron chi connectivity index (χ0n) is 13.6. The first-order valence-corrected chi connectivity index (χ1v) is 8.09. The molecule has 0 saturated heterocycles. The van der Waals surface area contributed by atoms with Crippen LogP contribution in [0.5, 0.6) is 17.2 Å². The molecular weight excluding hydrogens is 314 g/mol. The van der Waals surface area contributed by atoms with Crippen LogP contribution < -0.4 is 9.47 Å². The summed E-state index contributed by atoms with van der Waals surface area (Å²) in [6, 6.07) is 19.3. The summed E-state index contributed by atoms with van der Waals surface area (Å²) in [6.45, 7) is 1.29. The van der Waals surface area contributed by atoms with E-state index in [2.05, 4.69) is 14.5 Å². The molecule has 0 aliphatic carbocycles. The Kier molecular flexibility index (Phi) is 4.29. The fourth-order valence-electron chi connectivity index (χ4n) is 2.58. The number of aromatic nitrogens is 3. The third-order valence-corrected chi connectivity index (χ3v) is 3.83. The minimum atomic E-state index is 0.562. The second-order valence-corrected chi connectivity index (χ2v) is 5.54. The van der Waals surface area contributed by atoms with Crippen LogP contribution in [0.4, 0.5) is 0 Å². The molecule has 0 N–H and O–H groups in total. The Balaban J connectivity index is 1.34. The predicted molar refractivity (Wildman–Crippen MR) is 96.0 cm³/mol. The van der Waals surface area contributed by atoms with Crippen LogP contribution in [0.25, 0.3) is 11.0 Å². The molecule has 25 heavy (non-hydrogen) atoms. The van der Waals surface area contributed by atoms with Crippen molar-refractivity contribution in [2.45, 2.75) is 6.54 Å². The topological polar surface area (TPSA) is 49.2 Å². The van der Waals surface area contributed by atoms with E-state index in [1.54, 1.807) is 12.4 Å². The smallest absolute Gasteiger partial charge is 0.127 e. The predicted octanol–water partition coefficient (Wildman–Crippen LogP) is 4.30. The van der Waals surface area contributed by atoms with E-state index < -0.39 is 0 Å². The highest BCUT2D eigenvalue weighted by Crippen LogP contribution is 2.23. The van der Waals surface area contributed by atoms with Gasteiger partial charge < -0.3 is 14.0 Å². The van der Waals surface area contributed by atoms with Gasteiger partial charge in [-0.2, -0.15) is 0 Å². The summed E-state index contributed by atoms with van der Waals surface area (Å²) in [7, 11) is 0. The lowest BCUT2D eigenvalue weighted by Crippen LogP contribution is -2.07. The maximum absolute atomic E-state index is 5.81. The molecule has 0 bridgehead atoms. The molecule has 0 radical (unpaired) electrons. The Morgan fingerprint density at radius 2 is 1.60 bits per heavy atom. The molecule has 0 aliphatic rings. The number of pyridine rings is 1. The number of benzene rings is 2. The molecule has 0 fully saturated rings. The van der Waals surface area contributed by atoms with Gasteiger partial charge in [0.05, 0.1) is 24.6 Å². The molecule has 2 aromatic carbocycles. The zero-order valence-corrected chi connectivity index (χ0v) is 13.6. The minimum absolute atomic E-state index is 0.562. The van der Waals surface area contributed by atoms with Crippen molar-refractivity contribution >= 4 is 11.0 Å². The number of fused-ring (bicyclic) bond motifs is 1. The molecule has 0 amide bonds. The standard InChI is InChI=1S/C20H17N3O2/c1-2-4-17(5-3-1)25-18-8-6-16(7-9-18)24-13-12-23-15-22-19-14-21-11-10-20(19)23/h1-11,14-15H,12-13H2. The van der Waals surface area contributed by atoms with Crippen molar-refractivity contribution in [3.63, 3.8) is 0 Å². The molecule has 2 heterocycles. The lowest BCUT2D eigenvalue weighted by molar-refractivity contribution is 0.299. The fraction of sp³-hybridized carbons (Fsp3) is 0.100. The second kappa shape index (κ2) is 7.05. The van der Waals surface area contributed by atoms with Gasteiger partial charge in [0.15, 0.2) is 0 Å². The third-order valence-electron chi connectivity index (χ3n) is 3.83. The molecule has 5 heteroatoms. The fourth-order valence-corrected chi connectivity index (χ4v) is 2.58. The highest BCUT2D eigenvalue weighted by Gasteiger charge is 2.02. The van der Waals surface area contributed by atoms with Crippen molar-refractivity contribution in [2.24, 2.45) is 0 Å². The van der Waals surface area contributed by atoms with Gasteiger partial charge in [0.1, 0.15) is 29.4 Å². The Morgan fingerprint density at radius 3 is 2.44 bits per heavy atom. The lowest BCUT2D eigenvalue weighted by atomic mass is 10.3. The molecule has 4 rings (SSSR count). The van der Waals surface area contributed by atoms with Gasteiger partial charge in [-0.3, -0.25) is 4.98 Å². The Hall–Kier alpha value is -3.34. The van der Waals surface area contributed by atoms with E-state index in [-0.39, 0.29) is 0 Å². The molecule has 0 atom stereocenters. The molecule has 5 nitrogen and oxygen atoms in total. The summed E-state index contributed by atoms with van der Waals surface area (Å²) < 4.78 is 13.6. The quantitative estimate of drug-likeness (QED) is 0.528. The molecule has 0 saturated carbocycles. The summed E-state index contributed by atoms with van der Waals surface area (Å²) in [5.74, 6) is 2.41. The van der Waals surface area contributed by atoms with Crippen LogP contribution in [0.1, 0.15) is 0 Å². The highest BCUT2D eigenvalue weighted by atomic mass is 16.5. The number of rotatable bonds is 6. The number of para-hydroxylation sites is 1. The van der Waals surface area contributed by atoms with Crippen LogP contribution in [0.2, 0.25) is 0 Å². The van der Waals surface area contributed by atoms with E-state index in [0.29, 0.717) is 6.61 Å². The maximum atomic E-state index is 5.81. The van der Waals surface area contributed by atoms with E-state index in [0.717, 1.165) is 34.8 Å². The van der Waals surface area contributed by atoms with Crippen LogP contribution in [0.3, 0.4) is 0 Å². The van der Waals surface area contributed by atoms with Gasteiger partial charge in [0, 0.05) is 6.20 Å². The number of nitrogens with zero attached hydrogens (tertiary/aromatic N) is 3. The highest BCUT2D eigenvalue weighted by molar-refractivity contribution is 5.73. The van der Waals surface area contributed by atoms with Crippen LogP contribution in [0, 0.1) is 0 Å². The summed E-state index contributed by atoms with van der Waals surface area (Å²) in [4.78, 5) is 8.40. The van der Waals surface area contributed by atoms with Crippen LogP contribution >= 0.6 is 0 Å². The number of hydrogen-bond acceptors (Lipinski definition) is 4. The molecular formula is C20H17N3O2. The number of imidazole rings is 1. The minimum Gasteiger partial charge on any atom is -0.492 e. The van der Waals surface area contributed by atoms with Crippen molar-refractivity contribution in [3.8, 4) is 17.2 Å². The van der Waals surface area contributed by atoms with Gasteiger partial charge in [-0.15, -0.1) is 0 Å². The van der Waals surface area contributed by atoms with Crippen molar-refractivity contribution in [1.82, 2.24) is 14.5 Å². The Bertz CT molecular complexity index is 950. The Labute approximate surface area is 145 Å². The van der Waals surface area contributed by atoms with E-state index in [9.17, 15) is 0 Å². The summed E-state index contributed by atoms with van der Waals surface area (Å²) in [5.41, 5.74) is 1.95. The normalized spacial score (nSPS) is 10.7. The average molecular weight is 331 g/mol. The SMILES string of the molecule is c1ccc(Oc2ccc(OCCn3cnc4cnccc43)cc2)cc1. The molecule has 2 aromatic heterocycles. The summed E-state index contributed by atoms with van der Waals surface area (Å²) in [6.07, 6.45) is 5.34. The van der Waals surface area contributed by atoms with Gasteiger partial charge in [-0.25, -0.2) is 4.98 Å². The van der Waals surface area contributed by atoms with Crippen LogP contribution in [-0.4, -0.2) is 21.1 Å².